The second kappa shape index (κ2) is 7.07. The van der Waals surface area contributed by atoms with E-state index in [4.69, 9.17) is 15.6 Å². The maximum absolute atomic E-state index is 11.7. The fourth-order valence-corrected chi connectivity index (χ4v) is 2.15. The summed E-state index contributed by atoms with van der Waals surface area (Å²) in [6.45, 7) is 2.88. The molecule has 1 aliphatic carbocycles. The molecule has 18 heavy (non-hydrogen) atoms. The molecule has 0 aromatic carbocycles. The molecular weight excluding hydrogens is 232 g/mol. The normalized spacial score (nSPS) is 28.1. The molecule has 0 bridgehead atoms. The van der Waals surface area contributed by atoms with Crippen molar-refractivity contribution in [3.05, 3.63) is 0 Å². The molecule has 1 aliphatic rings. The van der Waals surface area contributed by atoms with Gasteiger partial charge >= 0.3 is 0 Å². The molecule has 5 heteroatoms. The van der Waals surface area contributed by atoms with E-state index < -0.39 is 0 Å². The molecule has 1 amide bonds. The van der Waals surface area contributed by atoms with Gasteiger partial charge in [-0.25, -0.2) is 0 Å². The minimum Gasteiger partial charge on any atom is -0.396 e. The van der Waals surface area contributed by atoms with Crippen LogP contribution in [-0.4, -0.2) is 54.4 Å². The smallest absolute Gasteiger partial charge is 0.248 e. The highest BCUT2D eigenvalue weighted by Gasteiger charge is 2.28. The Hall–Kier alpha value is -0.650. The number of carbonyl (C=O) groups excluding carboxylic acids is 1. The number of hydrogen-bond donors (Lipinski definition) is 2. The van der Waals surface area contributed by atoms with Crippen LogP contribution in [0.2, 0.25) is 0 Å². The minimum absolute atomic E-state index is 0.0236. The van der Waals surface area contributed by atoms with Crippen LogP contribution in [0.15, 0.2) is 0 Å². The van der Waals surface area contributed by atoms with E-state index in [1.807, 2.05) is 0 Å². The van der Waals surface area contributed by atoms with Gasteiger partial charge in [-0.3, -0.25) is 4.79 Å². The van der Waals surface area contributed by atoms with E-state index in [-0.39, 0.29) is 30.8 Å². The molecule has 3 N–H and O–H groups in total. The fourth-order valence-electron chi connectivity index (χ4n) is 2.15. The number of hydrogen-bond acceptors (Lipinski definition) is 4. The van der Waals surface area contributed by atoms with E-state index in [2.05, 4.69) is 6.92 Å². The van der Waals surface area contributed by atoms with Gasteiger partial charge in [0.15, 0.2) is 0 Å². The highest BCUT2D eigenvalue weighted by Crippen LogP contribution is 2.27. The first-order valence-electron chi connectivity index (χ1n) is 6.70. The molecule has 106 valence electrons. The summed E-state index contributed by atoms with van der Waals surface area (Å²) in [5.74, 6) is -0.0236. The average molecular weight is 258 g/mol. The maximum Gasteiger partial charge on any atom is 0.248 e. The molecule has 0 heterocycles. The van der Waals surface area contributed by atoms with E-state index in [0.29, 0.717) is 13.0 Å². The zero-order chi connectivity index (χ0) is 13.6. The molecule has 0 aliphatic heterocycles. The van der Waals surface area contributed by atoms with Gasteiger partial charge in [0.05, 0.1) is 6.10 Å². The third-order valence-corrected chi connectivity index (χ3v) is 3.59. The van der Waals surface area contributed by atoms with Gasteiger partial charge in [-0.15, -0.1) is 0 Å². The molecule has 1 rings (SSSR count). The zero-order valence-electron chi connectivity index (χ0n) is 11.5. The number of nitrogens with zero attached hydrogens (tertiary/aromatic N) is 1. The molecule has 0 spiro atoms. The molecule has 0 aromatic rings. The van der Waals surface area contributed by atoms with Crippen molar-refractivity contribution in [1.29, 1.82) is 0 Å². The number of ether oxygens (including phenoxy) is 1. The Kier molecular flexibility index (Phi) is 6.05. The first-order chi connectivity index (χ1) is 8.44. The maximum atomic E-state index is 11.7. The number of rotatable bonds is 6. The van der Waals surface area contributed by atoms with Crippen LogP contribution in [0.4, 0.5) is 0 Å². The van der Waals surface area contributed by atoms with Gasteiger partial charge in [0.1, 0.15) is 6.61 Å². The van der Waals surface area contributed by atoms with Gasteiger partial charge in [-0.05, 0) is 39.0 Å². The fraction of sp³-hybridized carbons (Fsp3) is 0.923. The van der Waals surface area contributed by atoms with Crippen molar-refractivity contribution >= 4 is 5.91 Å². The van der Waals surface area contributed by atoms with Crippen LogP contribution in [0.25, 0.3) is 0 Å². The molecule has 1 saturated carbocycles. The Labute approximate surface area is 109 Å². The molecule has 0 unspecified atom stereocenters. The van der Waals surface area contributed by atoms with Crippen molar-refractivity contribution in [3.63, 3.8) is 0 Å². The van der Waals surface area contributed by atoms with Crippen molar-refractivity contribution in [2.24, 2.45) is 5.73 Å². The number of likely N-dealkylation sites (N-methyl/N-ethyl adjacent to an activating group) is 1. The van der Waals surface area contributed by atoms with E-state index in [0.717, 1.165) is 25.7 Å². The van der Waals surface area contributed by atoms with E-state index >= 15 is 0 Å². The second-order valence-electron chi connectivity index (χ2n) is 5.56. The molecule has 0 atom stereocenters. The standard InChI is InChI=1S/C13H26N2O3/c1-13(14)6-4-11(5-7-13)18-10-12(17)15(2)8-3-9-16/h11,16H,3-10,14H2,1-2H3. The highest BCUT2D eigenvalue weighted by atomic mass is 16.5. The Bertz CT molecular complexity index is 259. The van der Waals surface area contributed by atoms with Crippen LogP contribution in [0.5, 0.6) is 0 Å². The van der Waals surface area contributed by atoms with Gasteiger partial charge in [-0.1, -0.05) is 0 Å². The lowest BCUT2D eigenvalue weighted by Gasteiger charge is -2.34. The average Bonchev–Trinajstić information content (AvgIpc) is 2.34. The topological polar surface area (TPSA) is 75.8 Å². The summed E-state index contributed by atoms with van der Waals surface area (Å²) in [5.41, 5.74) is 5.98. The third-order valence-electron chi connectivity index (χ3n) is 3.59. The first-order valence-corrected chi connectivity index (χ1v) is 6.70. The van der Waals surface area contributed by atoms with E-state index in [1.54, 1.807) is 11.9 Å². The second-order valence-corrected chi connectivity index (χ2v) is 5.56. The Morgan fingerprint density at radius 2 is 2.11 bits per heavy atom. The van der Waals surface area contributed by atoms with Gasteiger partial charge in [0.25, 0.3) is 0 Å². The van der Waals surface area contributed by atoms with Crippen LogP contribution >= 0.6 is 0 Å². The molecule has 0 radical (unpaired) electrons. The number of aliphatic hydroxyl groups is 1. The largest absolute Gasteiger partial charge is 0.396 e. The van der Waals surface area contributed by atoms with E-state index in [9.17, 15) is 4.79 Å². The Morgan fingerprint density at radius 3 is 2.67 bits per heavy atom. The lowest BCUT2D eigenvalue weighted by molar-refractivity contribution is -0.137. The predicted molar refractivity (Wildman–Crippen MR) is 70.1 cm³/mol. The number of nitrogens with two attached hydrogens (primary N) is 1. The predicted octanol–water partition coefficient (Wildman–Crippen LogP) is 0.504. The summed E-state index contributed by atoms with van der Waals surface area (Å²) in [5, 5.41) is 8.70. The Balaban J connectivity index is 2.19. The van der Waals surface area contributed by atoms with Gasteiger partial charge in [-0.2, -0.15) is 0 Å². The van der Waals surface area contributed by atoms with Crippen molar-refractivity contribution in [1.82, 2.24) is 4.90 Å². The summed E-state index contributed by atoms with van der Waals surface area (Å²) in [7, 11) is 1.74. The van der Waals surface area contributed by atoms with Crippen molar-refractivity contribution in [3.8, 4) is 0 Å². The Morgan fingerprint density at radius 1 is 1.50 bits per heavy atom. The number of carbonyl (C=O) groups is 1. The van der Waals surface area contributed by atoms with Crippen LogP contribution in [0, 0.1) is 0 Å². The van der Waals surface area contributed by atoms with Gasteiger partial charge in [0.2, 0.25) is 5.91 Å². The zero-order valence-corrected chi connectivity index (χ0v) is 11.5. The summed E-state index contributed by atoms with van der Waals surface area (Å²) in [4.78, 5) is 13.3. The van der Waals surface area contributed by atoms with E-state index in [1.165, 1.54) is 0 Å². The SMILES string of the molecule is CN(CCCO)C(=O)COC1CCC(C)(N)CC1. The van der Waals surface area contributed by atoms with Crippen molar-refractivity contribution < 1.29 is 14.6 Å². The third kappa shape index (κ3) is 5.33. The summed E-state index contributed by atoms with van der Waals surface area (Å²) >= 11 is 0. The van der Waals surface area contributed by atoms with Crippen LogP contribution in [-0.2, 0) is 9.53 Å². The molecule has 5 nitrogen and oxygen atoms in total. The number of amides is 1. The van der Waals surface area contributed by atoms with Crippen LogP contribution in [0.1, 0.15) is 39.0 Å². The summed E-state index contributed by atoms with van der Waals surface area (Å²) < 4.78 is 5.63. The lowest BCUT2D eigenvalue weighted by Crippen LogP contribution is -2.42. The van der Waals surface area contributed by atoms with Crippen molar-refractivity contribution in [2.75, 3.05) is 26.8 Å². The van der Waals surface area contributed by atoms with Gasteiger partial charge < -0.3 is 20.5 Å². The molecule has 0 saturated heterocycles. The summed E-state index contributed by atoms with van der Waals surface area (Å²) in [6, 6.07) is 0. The highest BCUT2D eigenvalue weighted by molar-refractivity contribution is 5.77. The molecule has 1 fully saturated rings. The monoisotopic (exact) mass is 258 g/mol. The van der Waals surface area contributed by atoms with Crippen LogP contribution in [0.3, 0.4) is 0 Å². The molecular formula is C13H26N2O3. The first kappa shape index (κ1) is 15.4. The number of aliphatic hydroxyl groups excluding tert-OH is 1. The van der Waals surface area contributed by atoms with Gasteiger partial charge in [0, 0.05) is 25.7 Å². The minimum atomic E-state index is -0.0677. The van der Waals surface area contributed by atoms with Crippen LogP contribution < -0.4 is 5.73 Å². The lowest BCUT2D eigenvalue weighted by atomic mass is 9.83. The molecule has 0 aromatic heterocycles. The summed E-state index contributed by atoms with van der Waals surface area (Å²) in [6.07, 6.45) is 4.54. The van der Waals surface area contributed by atoms with Crippen molar-refractivity contribution in [2.45, 2.75) is 50.7 Å². The quantitative estimate of drug-likeness (QED) is 0.727.